The number of ether oxygens (including phenoxy) is 2. The third kappa shape index (κ3) is 4.96. The first-order valence-electron chi connectivity index (χ1n) is 11.6. The number of hydrogen-bond acceptors (Lipinski definition) is 7. The second kappa shape index (κ2) is 9.81. The largest absolute Gasteiger partial charge is 0.462 e. The molecule has 0 radical (unpaired) electrons. The molecular weight excluding hydrogens is 468 g/mol. The number of para-hydroxylation sites is 1. The molecule has 8 nitrogen and oxygen atoms in total. The van der Waals surface area contributed by atoms with Crippen molar-refractivity contribution >= 4 is 34.2 Å². The van der Waals surface area contributed by atoms with Crippen molar-refractivity contribution in [3.63, 3.8) is 0 Å². The van der Waals surface area contributed by atoms with E-state index in [0.717, 1.165) is 18.6 Å². The zero-order valence-electron chi connectivity index (χ0n) is 19.3. The van der Waals surface area contributed by atoms with Gasteiger partial charge in [-0.1, -0.05) is 18.2 Å². The number of fused-ring (bicyclic) bond motifs is 1. The van der Waals surface area contributed by atoms with Gasteiger partial charge in [-0.3, -0.25) is 4.79 Å². The number of aliphatic hydroxyl groups is 1. The zero-order valence-corrected chi connectivity index (χ0v) is 20.1. The molecule has 1 aromatic carbocycles. The van der Waals surface area contributed by atoms with Crippen molar-refractivity contribution in [3.8, 4) is 5.75 Å². The Labute approximate surface area is 208 Å². The van der Waals surface area contributed by atoms with Crippen LogP contribution in [0.2, 0.25) is 0 Å². The first kappa shape index (κ1) is 23.5. The summed E-state index contributed by atoms with van der Waals surface area (Å²) in [5.74, 6) is 1.78. The van der Waals surface area contributed by atoms with Gasteiger partial charge in [-0.2, -0.15) is 0 Å². The quantitative estimate of drug-likeness (QED) is 0.330. The van der Waals surface area contributed by atoms with E-state index in [1.165, 1.54) is 6.33 Å². The predicted molar refractivity (Wildman–Crippen MR) is 134 cm³/mol. The van der Waals surface area contributed by atoms with Crippen LogP contribution < -0.4 is 10.1 Å². The van der Waals surface area contributed by atoms with Crippen molar-refractivity contribution in [1.29, 1.82) is 0 Å². The summed E-state index contributed by atoms with van der Waals surface area (Å²) in [5.41, 5.74) is 1.49. The maximum Gasteiger partial charge on any atom is 0.193 e. The molecule has 3 atom stereocenters. The number of ketones is 1. The fourth-order valence-corrected chi connectivity index (χ4v) is 4.79. The number of anilines is 1. The summed E-state index contributed by atoms with van der Waals surface area (Å²) < 4.78 is 11.6. The number of alkyl halides is 1. The number of hydrogen-bond donors (Lipinski definition) is 3. The summed E-state index contributed by atoms with van der Waals surface area (Å²) in [6.45, 7) is 2.28. The Hall–Kier alpha value is -3.20. The summed E-state index contributed by atoms with van der Waals surface area (Å²) in [6.07, 6.45) is 8.45. The number of benzene rings is 1. The topological polar surface area (TPSA) is 109 Å². The second-order valence-corrected chi connectivity index (χ2v) is 9.87. The van der Waals surface area contributed by atoms with Gasteiger partial charge in [0, 0.05) is 18.2 Å². The zero-order chi connectivity index (χ0) is 24.4. The molecule has 35 heavy (non-hydrogen) atoms. The molecule has 1 fully saturated rings. The monoisotopic (exact) mass is 494 g/mol. The van der Waals surface area contributed by atoms with E-state index in [9.17, 15) is 9.90 Å². The van der Waals surface area contributed by atoms with Crippen LogP contribution in [0.15, 0.2) is 66.3 Å². The van der Waals surface area contributed by atoms with Crippen LogP contribution in [-0.4, -0.2) is 56.1 Å². The lowest BCUT2D eigenvalue weighted by Gasteiger charge is -2.29. The molecule has 3 aromatic rings. The van der Waals surface area contributed by atoms with Gasteiger partial charge in [-0.15, -0.1) is 11.6 Å². The van der Waals surface area contributed by atoms with Crippen LogP contribution in [0.5, 0.6) is 5.75 Å². The summed E-state index contributed by atoms with van der Waals surface area (Å²) in [7, 11) is 0. The van der Waals surface area contributed by atoms with Crippen LogP contribution >= 0.6 is 11.6 Å². The number of aromatic nitrogens is 3. The van der Waals surface area contributed by atoms with E-state index in [4.69, 9.17) is 21.1 Å². The lowest BCUT2D eigenvalue weighted by molar-refractivity contribution is -0.0224. The summed E-state index contributed by atoms with van der Waals surface area (Å²) in [5, 5.41) is 13.3. The van der Waals surface area contributed by atoms with Crippen molar-refractivity contribution in [1.82, 2.24) is 15.0 Å². The SMILES string of the molecule is CC1(Cl)CC(Oc2ccccc2)=CC=C1C(=O)c1c[nH]c2ncnc(N[C@@H]3CC[C@@H](CO)OC3)c12. The van der Waals surface area contributed by atoms with Crippen molar-refractivity contribution in [2.45, 2.75) is 43.2 Å². The maximum atomic E-state index is 13.7. The van der Waals surface area contributed by atoms with E-state index >= 15 is 0 Å². The maximum absolute atomic E-state index is 13.7. The molecule has 3 heterocycles. The standard InChI is InChI=1S/C26H27ClN4O4/c1-26(27)11-18(35-17-5-3-2-4-6-17)9-10-21(26)23(33)20-12-28-24-22(20)25(30-15-29-24)31-16-7-8-19(13-32)34-14-16/h2-6,9-10,12,15-16,19,32H,7-8,11,13-14H2,1H3,(H2,28,29,30,31)/t16-,19+,26?/m1/s1. The molecule has 3 N–H and O–H groups in total. The van der Waals surface area contributed by atoms with Crippen LogP contribution in [0.3, 0.4) is 0 Å². The molecule has 0 spiro atoms. The number of carbonyl (C=O) groups is 1. The Bertz CT molecular complexity index is 1280. The van der Waals surface area contributed by atoms with E-state index in [2.05, 4.69) is 20.3 Å². The molecule has 1 aliphatic heterocycles. The van der Waals surface area contributed by atoms with Crippen LogP contribution in [0.25, 0.3) is 11.0 Å². The molecule has 1 saturated heterocycles. The minimum atomic E-state index is -0.945. The van der Waals surface area contributed by atoms with Gasteiger partial charge in [-0.05, 0) is 44.1 Å². The van der Waals surface area contributed by atoms with Gasteiger partial charge >= 0.3 is 0 Å². The number of nitrogens with zero attached hydrogens (tertiary/aromatic N) is 2. The van der Waals surface area contributed by atoms with Crippen LogP contribution in [-0.2, 0) is 4.74 Å². The summed E-state index contributed by atoms with van der Waals surface area (Å²) >= 11 is 6.88. The molecule has 9 heteroatoms. The van der Waals surface area contributed by atoms with Crippen molar-refractivity contribution in [2.75, 3.05) is 18.5 Å². The van der Waals surface area contributed by atoms with Gasteiger partial charge in [0.2, 0.25) is 0 Å². The predicted octanol–water partition coefficient (Wildman–Crippen LogP) is 4.38. The molecule has 2 aliphatic rings. The van der Waals surface area contributed by atoms with Gasteiger partial charge in [0.05, 0.1) is 41.2 Å². The smallest absolute Gasteiger partial charge is 0.193 e. The highest BCUT2D eigenvalue weighted by Gasteiger charge is 2.36. The van der Waals surface area contributed by atoms with Gasteiger partial charge in [0.15, 0.2) is 5.78 Å². The highest BCUT2D eigenvalue weighted by molar-refractivity contribution is 6.32. The van der Waals surface area contributed by atoms with Gasteiger partial charge in [-0.25, -0.2) is 9.97 Å². The third-order valence-corrected chi connectivity index (χ3v) is 6.71. The number of carbonyl (C=O) groups excluding carboxylic acids is 1. The first-order chi connectivity index (χ1) is 16.9. The lowest BCUT2D eigenvalue weighted by Crippen LogP contribution is -2.36. The second-order valence-electron chi connectivity index (χ2n) is 9.04. The Kier molecular flexibility index (Phi) is 6.60. The summed E-state index contributed by atoms with van der Waals surface area (Å²) in [4.78, 5) is 24.6. The number of H-pyrrole nitrogens is 1. The molecular formula is C26H27ClN4O4. The minimum absolute atomic E-state index is 0.0137. The third-order valence-electron chi connectivity index (χ3n) is 6.37. The first-order valence-corrected chi connectivity index (χ1v) is 12.0. The Morgan fingerprint density at radius 2 is 2.11 bits per heavy atom. The van der Waals surface area contributed by atoms with E-state index in [1.807, 2.05) is 37.3 Å². The number of halogens is 1. The van der Waals surface area contributed by atoms with Crippen LogP contribution in [0.4, 0.5) is 5.82 Å². The van der Waals surface area contributed by atoms with Crippen molar-refractivity contribution in [2.24, 2.45) is 0 Å². The van der Waals surface area contributed by atoms with Gasteiger partial charge in [0.25, 0.3) is 0 Å². The Morgan fingerprint density at radius 1 is 1.29 bits per heavy atom. The highest BCUT2D eigenvalue weighted by Crippen LogP contribution is 2.39. The number of allylic oxidation sites excluding steroid dienone is 4. The molecule has 1 aliphatic carbocycles. The van der Waals surface area contributed by atoms with Crippen molar-refractivity contribution < 1.29 is 19.4 Å². The average Bonchev–Trinajstić information content (AvgIpc) is 3.30. The molecule has 1 unspecified atom stereocenters. The molecule has 2 aromatic heterocycles. The lowest BCUT2D eigenvalue weighted by atomic mass is 9.86. The van der Waals surface area contributed by atoms with E-state index in [0.29, 0.717) is 46.8 Å². The molecule has 0 amide bonds. The number of rotatable bonds is 7. The Balaban J connectivity index is 1.41. The number of nitrogens with one attached hydrogen (secondary N) is 2. The Morgan fingerprint density at radius 3 is 2.83 bits per heavy atom. The van der Waals surface area contributed by atoms with E-state index in [1.54, 1.807) is 18.3 Å². The number of aromatic amines is 1. The molecule has 0 bridgehead atoms. The van der Waals surface area contributed by atoms with Gasteiger partial charge < -0.3 is 24.9 Å². The number of Topliss-reactive ketones (excluding diaryl/α,β-unsaturated/α-hetero) is 1. The van der Waals surface area contributed by atoms with E-state index in [-0.39, 0.29) is 24.5 Å². The van der Waals surface area contributed by atoms with Crippen LogP contribution in [0, 0.1) is 0 Å². The van der Waals surface area contributed by atoms with Gasteiger partial charge in [0.1, 0.15) is 29.3 Å². The average molecular weight is 495 g/mol. The minimum Gasteiger partial charge on any atom is -0.462 e. The summed E-state index contributed by atoms with van der Waals surface area (Å²) in [6, 6.07) is 9.49. The molecule has 0 saturated carbocycles. The van der Waals surface area contributed by atoms with Crippen molar-refractivity contribution in [3.05, 3.63) is 71.9 Å². The highest BCUT2D eigenvalue weighted by atomic mass is 35.5. The molecule has 5 rings (SSSR count). The number of aliphatic hydroxyl groups excluding tert-OH is 1. The van der Waals surface area contributed by atoms with Crippen LogP contribution in [0.1, 0.15) is 36.5 Å². The fourth-order valence-electron chi connectivity index (χ4n) is 4.51. The normalized spacial score (nSPS) is 24.5. The molecule has 182 valence electrons. The van der Waals surface area contributed by atoms with E-state index < -0.39 is 4.87 Å². The fraction of sp³-hybridized carbons (Fsp3) is 0.346.